The summed E-state index contributed by atoms with van der Waals surface area (Å²) in [6, 6.07) is 5.22. The molecule has 0 spiro atoms. The van der Waals surface area contributed by atoms with Crippen LogP contribution >= 0.6 is 11.3 Å². The first kappa shape index (κ1) is 13.1. The van der Waals surface area contributed by atoms with Gasteiger partial charge in [-0.05, 0) is 17.5 Å². The molecule has 1 heterocycles. The highest BCUT2D eigenvalue weighted by Crippen LogP contribution is 2.25. The van der Waals surface area contributed by atoms with E-state index in [2.05, 4.69) is 5.43 Å². The summed E-state index contributed by atoms with van der Waals surface area (Å²) in [7, 11) is 0. The maximum Gasteiger partial charge on any atom is 0.194 e. The Kier molecular flexibility index (Phi) is 4.00. The Morgan fingerprint density at radius 2 is 1.94 bits per heavy atom. The van der Waals surface area contributed by atoms with Gasteiger partial charge < -0.3 is 0 Å². The smallest absolute Gasteiger partial charge is 0.194 e. The van der Waals surface area contributed by atoms with E-state index in [0.717, 1.165) is 10.9 Å². The van der Waals surface area contributed by atoms with E-state index in [1.165, 1.54) is 17.4 Å². The number of benzene rings is 1. The van der Waals surface area contributed by atoms with E-state index < -0.39 is 23.5 Å². The monoisotopic (exact) mass is 272 g/mol. The third kappa shape index (κ3) is 2.55. The minimum absolute atomic E-state index is 0.0183. The van der Waals surface area contributed by atoms with Gasteiger partial charge >= 0.3 is 0 Å². The third-order valence-corrected chi connectivity index (χ3v) is 3.53. The molecule has 0 saturated carbocycles. The zero-order chi connectivity index (χ0) is 13.1. The molecule has 1 atom stereocenters. The van der Waals surface area contributed by atoms with Crippen LogP contribution < -0.4 is 11.3 Å². The van der Waals surface area contributed by atoms with Gasteiger partial charge in [-0.2, -0.15) is 0 Å². The average Bonchev–Trinajstić information content (AvgIpc) is 2.87. The van der Waals surface area contributed by atoms with E-state index in [0.29, 0.717) is 6.42 Å². The van der Waals surface area contributed by atoms with Gasteiger partial charge in [-0.15, -0.1) is 11.3 Å². The molecule has 1 aromatic carbocycles. The van der Waals surface area contributed by atoms with Crippen LogP contribution in [0.2, 0.25) is 0 Å². The van der Waals surface area contributed by atoms with Crippen molar-refractivity contribution in [2.45, 2.75) is 12.5 Å². The number of hydrazine groups is 1. The molecular weight excluding hydrogens is 261 g/mol. The summed E-state index contributed by atoms with van der Waals surface area (Å²) in [6.07, 6.45) is 0.413. The molecule has 18 heavy (non-hydrogen) atoms. The molecule has 1 unspecified atom stereocenters. The first-order valence-corrected chi connectivity index (χ1v) is 6.13. The lowest BCUT2D eigenvalue weighted by molar-refractivity contribution is 0.425. The van der Waals surface area contributed by atoms with Crippen LogP contribution in [0.1, 0.15) is 16.5 Å². The molecule has 2 aromatic rings. The fourth-order valence-electron chi connectivity index (χ4n) is 1.70. The van der Waals surface area contributed by atoms with Crippen LogP contribution in [0.25, 0.3) is 0 Å². The molecule has 0 amide bonds. The fourth-order valence-corrected chi connectivity index (χ4v) is 2.45. The zero-order valence-electron chi connectivity index (χ0n) is 9.29. The Balaban J connectivity index is 2.30. The van der Waals surface area contributed by atoms with Crippen molar-refractivity contribution < 1.29 is 13.2 Å². The van der Waals surface area contributed by atoms with E-state index in [9.17, 15) is 13.2 Å². The summed E-state index contributed by atoms with van der Waals surface area (Å²) in [5.41, 5.74) is 2.44. The number of thiophene rings is 1. The van der Waals surface area contributed by atoms with Gasteiger partial charge in [0, 0.05) is 16.9 Å². The van der Waals surface area contributed by atoms with Crippen LogP contribution in [0.15, 0.2) is 29.6 Å². The van der Waals surface area contributed by atoms with E-state index in [1.54, 1.807) is 0 Å². The van der Waals surface area contributed by atoms with Crippen molar-refractivity contribution >= 4 is 11.3 Å². The molecule has 1 aromatic heterocycles. The predicted molar refractivity (Wildman–Crippen MR) is 64.4 cm³/mol. The lowest BCUT2D eigenvalue weighted by Gasteiger charge is -2.16. The molecule has 0 saturated heterocycles. The van der Waals surface area contributed by atoms with Crippen LogP contribution in [-0.4, -0.2) is 0 Å². The molecule has 0 aliphatic carbocycles. The molecular formula is C12H11F3N2S. The molecule has 0 aliphatic heterocycles. The topological polar surface area (TPSA) is 38.0 Å². The molecule has 96 valence electrons. The minimum atomic E-state index is -1.47. The maximum absolute atomic E-state index is 13.6. The van der Waals surface area contributed by atoms with Crippen LogP contribution in [-0.2, 0) is 6.42 Å². The van der Waals surface area contributed by atoms with Crippen molar-refractivity contribution in [3.63, 3.8) is 0 Å². The van der Waals surface area contributed by atoms with E-state index in [4.69, 9.17) is 5.84 Å². The Labute approximate surface area is 106 Å². The summed E-state index contributed by atoms with van der Waals surface area (Å²) >= 11 is 1.49. The lowest BCUT2D eigenvalue weighted by atomic mass is 10.0. The molecule has 0 radical (unpaired) electrons. The summed E-state index contributed by atoms with van der Waals surface area (Å²) in [6.45, 7) is 0. The van der Waals surface area contributed by atoms with Crippen molar-refractivity contribution in [2.75, 3.05) is 0 Å². The van der Waals surface area contributed by atoms with Gasteiger partial charge in [-0.1, -0.05) is 12.1 Å². The minimum Gasteiger partial charge on any atom is -0.271 e. The number of rotatable bonds is 4. The van der Waals surface area contributed by atoms with Crippen LogP contribution in [0, 0.1) is 17.5 Å². The number of halogens is 3. The van der Waals surface area contributed by atoms with Gasteiger partial charge in [0.05, 0.1) is 6.04 Å². The Morgan fingerprint density at radius 1 is 1.17 bits per heavy atom. The zero-order valence-corrected chi connectivity index (χ0v) is 10.1. The Bertz CT molecular complexity index is 528. The number of hydrogen-bond donors (Lipinski definition) is 2. The second kappa shape index (κ2) is 5.51. The van der Waals surface area contributed by atoms with Gasteiger partial charge in [0.1, 0.15) is 0 Å². The van der Waals surface area contributed by atoms with Gasteiger partial charge in [0.2, 0.25) is 0 Å². The highest BCUT2D eigenvalue weighted by atomic mass is 32.1. The molecule has 0 aliphatic rings. The van der Waals surface area contributed by atoms with Crippen molar-refractivity contribution in [3.05, 3.63) is 57.5 Å². The van der Waals surface area contributed by atoms with Crippen molar-refractivity contribution in [1.29, 1.82) is 0 Å². The van der Waals surface area contributed by atoms with Crippen LogP contribution in [0.3, 0.4) is 0 Å². The number of hydrogen-bond acceptors (Lipinski definition) is 3. The van der Waals surface area contributed by atoms with Crippen molar-refractivity contribution in [2.24, 2.45) is 5.84 Å². The van der Waals surface area contributed by atoms with Gasteiger partial charge in [0.15, 0.2) is 17.5 Å². The highest BCUT2D eigenvalue weighted by molar-refractivity contribution is 7.09. The molecule has 2 nitrogen and oxygen atoms in total. The summed E-state index contributed by atoms with van der Waals surface area (Å²) < 4.78 is 39.6. The molecule has 0 bridgehead atoms. The van der Waals surface area contributed by atoms with E-state index in [-0.39, 0.29) is 5.56 Å². The second-order valence-electron chi connectivity index (χ2n) is 3.77. The first-order chi connectivity index (χ1) is 8.63. The van der Waals surface area contributed by atoms with Gasteiger partial charge in [-0.25, -0.2) is 13.2 Å². The molecule has 6 heteroatoms. The fraction of sp³-hybridized carbons (Fsp3) is 0.167. The van der Waals surface area contributed by atoms with Crippen molar-refractivity contribution in [3.8, 4) is 0 Å². The molecule has 3 N–H and O–H groups in total. The number of nitrogens with one attached hydrogen (secondary N) is 1. The van der Waals surface area contributed by atoms with Crippen LogP contribution in [0.4, 0.5) is 13.2 Å². The Hall–Kier alpha value is -1.37. The Morgan fingerprint density at radius 3 is 2.56 bits per heavy atom. The molecule has 0 fully saturated rings. The normalized spacial score (nSPS) is 12.7. The third-order valence-electron chi connectivity index (χ3n) is 2.63. The molecule has 2 rings (SSSR count). The standard InChI is InChI=1S/C12H11F3N2S/c13-9-4-3-8(11(14)12(9)15)10(17-16)6-7-2-1-5-18-7/h1-5,10,17H,6,16H2. The predicted octanol–water partition coefficient (Wildman–Crippen LogP) is 2.91. The summed E-state index contributed by atoms with van der Waals surface area (Å²) in [5.74, 6) is 1.47. The SMILES string of the molecule is NNC(Cc1cccs1)c1ccc(F)c(F)c1F. The summed E-state index contributed by atoms with van der Waals surface area (Å²) in [4.78, 5) is 0.974. The van der Waals surface area contributed by atoms with Crippen LogP contribution in [0.5, 0.6) is 0 Å². The lowest BCUT2D eigenvalue weighted by Crippen LogP contribution is -2.30. The number of nitrogens with two attached hydrogens (primary N) is 1. The van der Waals surface area contributed by atoms with Gasteiger partial charge in [0.25, 0.3) is 0 Å². The first-order valence-electron chi connectivity index (χ1n) is 5.25. The second-order valence-corrected chi connectivity index (χ2v) is 4.80. The van der Waals surface area contributed by atoms with E-state index in [1.807, 2.05) is 17.5 Å². The van der Waals surface area contributed by atoms with Crippen molar-refractivity contribution in [1.82, 2.24) is 5.43 Å². The van der Waals surface area contributed by atoms with Gasteiger partial charge in [-0.3, -0.25) is 11.3 Å². The summed E-state index contributed by atoms with van der Waals surface area (Å²) in [5, 5.41) is 1.88. The largest absolute Gasteiger partial charge is 0.271 e. The van der Waals surface area contributed by atoms with E-state index >= 15 is 0 Å². The maximum atomic E-state index is 13.6. The average molecular weight is 272 g/mol. The quantitative estimate of drug-likeness (QED) is 0.510. The highest BCUT2D eigenvalue weighted by Gasteiger charge is 2.20.